The van der Waals surface area contributed by atoms with Crippen molar-refractivity contribution in [3.05, 3.63) is 47.4 Å². The van der Waals surface area contributed by atoms with Gasteiger partial charge in [-0.05, 0) is 56.6 Å². The predicted octanol–water partition coefficient (Wildman–Crippen LogP) is 5.89. The third-order valence-electron chi connectivity index (χ3n) is 8.64. The molecule has 3 aliphatic rings. The summed E-state index contributed by atoms with van der Waals surface area (Å²) in [6.45, 7) is 1.56. The van der Waals surface area contributed by atoms with Gasteiger partial charge in [0.05, 0.1) is 12.6 Å². The van der Waals surface area contributed by atoms with Crippen LogP contribution < -0.4 is 10.6 Å². The number of nitrogens with one attached hydrogen (secondary N) is 2. The molecule has 1 aromatic carbocycles. The van der Waals surface area contributed by atoms with E-state index in [4.69, 9.17) is 4.42 Å². The Kier molecular flexibility index (Phi) is 7.32. The van der Waals surface area contributed by atoms with Crippen LogP contribution in [0.3, 0.4) is 0 Å². The van der Waals surface area contributed by atoms with E-state index in [-0.39, 0.29) is 47.0 Å². The lowest BCUT2D eigenvalue weighted by Crippen LogP contribution is -2.40. The number of carbonyl (C=O) groups excluding carboxylic acids is 2. The largest absolute Gasteiger partial charge is 0.438 e. The summed E-state index contributed by atoms with van der Waals surface area (Å²) in [4.78, 5) is 31.2. The van der Waals surface area contributed by atoms with E-state index in [0.717, 1.165) is 4.90 Å². The number of hydrogen-bond donors (Lipinski definition) is 2. The smallest absolute Gasteiger partial charge is 0.410 e. The van der Waals surface area contributed by atoms with Gasteiger partial charge in [0.25, 0.3) is 5.91 Å². The molecule has 3 atom stereocenters. The van der Waals surface area contributed by atoms with Crippen LogP contribution in [0, 0.1) is 17.7 Å². The molecule has 43 heavy (non-hydrogen) atoms. The number of oxazole rings is 1. The van der Waals surface area contributed by atoms with E-state index in [9.17, 15) is 31.5 Å². The first-order chi connectivity index (χ1) is 20.4. The molecule has 0 bridgehead atoms. The summed E-state index contributed by atoms with van der Waals surface area (Å²) in [5, 5.41) is 8.86. The number of urea groups is 1. The van der Waals surface area contributed by atoms with Crippen molar-refractivity contribution in [3.63, 3.8) is 0 Å². The van der Waals surface area contributed by atoms with Gasteiger partial charge < -0.3 is 20.0 Å². The summed E-state index contributed by atoms with van der Waals surface area (Å²) in [7, 11) is 0. The fraction of sp³-hybridized carbons (Fsp3) is 0.571. The number of hydrogen-bond acceptors (Lipinski definition) is 5. The maximum atomic E-state index is 16.1. The molecule has 9 nitrogen and oxygen atoms in total. The van der Waals surface area contributed by atoms with Crippen LogP contribution in [-0.4, -0.2) is 56.3 Å². The number of amides is 3. The van der Waals surface area contributed by atoms with Gasteiger partial charge in [0.2, 0.25) is 11.8 Å². The van der Waals surface area contributed by atoms with Crippen LogP contribution in [0.4, 0.5) is 31.1 Å². The van der Waals surface area contributed by atoms with E-state index in [1.807, 2.05) is 5.32 Å². The van der Waals surface area contributed by atoms with Crippen molar-refractivity contribution in [1.29, 1.82) is 0 Å². The first kappa shape index (κ1) is 29.3. The van der Waals surface area contributed by atoms with E-state index < -0.39 is 73.3 Å². The lowest BCUT2D eigenvalue weighted by molar-refractivity contribution is -0.150. The number of halogens is 6. The maximum Gasteiger partial charge on any atom is 0.410 e. The Morgan fingerprint density at radius 2 is 1.88 bits per heavy atom. The van der Waals surface area contributed by atoms with Crippen molar-refractivity contribution in [2.75, 3.05) is 6.54 Å². The fourth-order valence-corrected chi connectivity index (χ4v) is 6.20. The molecule has 0 unspecified atom stereocenters. The van der Waals surface area contributed by atoms with Gasteiger partial charge in [-0.2, -0.15) is 18.3 Å². The summed E-state index contributed by atoms with van der Waals surface area (Å²) >= 11 is 0. The normalized spacial score (nSPS) is 22.5. The number of nitrogens with zero attached hydrogens (tertiary/aromatic N) is 4. The van der Waals surface area contributed by atoms with Crippen molar-refractivity contribution in [1.82, 2.24) is 30.3 Å². The van der Waals surface area contributed by atoms with E-state index in [1.54, 1.807) is 6.92 Å². The molecule has 3 fully saturated rings. The molecule has 3 heterocycles. The SMILES string of the molecule is CCn1nccc1C(=O)N[C@H](c1nc2c(F)c([C@@H](C3CC3)N3C[C@H](C(F)(F)F)NC3=O)ccc2o1)C1CCC(F)(F)CC1. The van der Waals surface area contributed by atoms with Gasteiger partial charge in [0.15, 0.2) is 11.4 Å². The second-order valence-electron chi connectivity index (χ2n) is 11.5. The first-order valence-electron chi connectivity index (χ1n) is 14.3. The van der Waals surface area contributed by atoms with E-state index in [0.29, 0.717) is 19.4 Å². The minimum atomic E-state index is -4.65. The molecule has 3 aromatic rings. The van der Waals surface area contributed by atoms with E-state index in [2.05, 4.69) is 15.4 Å². The van der Waals surface area contributed by atoms with Crippen LogP contribution in [-0.2, 0) is 6.54 Å². The van der Waals surface area contributed by atoms with Crippen LogP contribution in [0.25, 0.3) is 11.1 Å². The Morgan fingerprint density at radius 3 is 2.51 bits per heavy atom. The van der Waals surface area contributed by atoms with E-state index in [1.165, 1.54) is 29.1 Å². The maximum absolute atomic E-state index is 16.1. The number of fused-ring (bicyclic) bond motifs is 1. The number of rotatable bonds is 8. The highest BCUT2D eigenvalue weighted by atomic mass is 19.4. The number of aromatic nitrogens is 3. The Bertz CT molecular complexity index is 1520. The zero-order valence-corrected chi connectivity index (χ0v) is 23.1. The van der Waals surface area contributed by atoms with Crippen LogP contribution in [0.2, 0.25) is 0 Å². The number of alkyl halides is 5. The van der Waals surface area contributed by atoms with Crippen LogP contribution in [0.15, 0.2) is 28.8 Å². The minimum Gasteiger partial charge on any atom is -0.438 e. The summed E-state index contributed by atoms with van der Waals surface area (Å²) in [5.74, 6) is -5.00. The highest BCUT2D eigenvalue weighted by Gasteiger charge is 2.51. The predicted molar refractivity (Wildman–Crippen MR) is 140 cm³/mol. The van der Waals surface area contributed by atoms with Crippen molar-refractivity contribution in [2.45, 2.75) is 82.2 Å². The number of carbonyl (C=O) groups is 2. The molecule has 0 radical (unpaired) electrons. The molecular formula is C28H30F6N6O3. The quantitative estimate of drug-likeness (QED) is 0.309. The molecule has 2 saturated carbocycles. The lowest BCUT2D eigenvalue weighted by Gasteiger charge is -2.32. The molecule has 0 spiro atoms. The molecule has 15 heteroatoms. The highest BCUT2D eigenvalue weighted by molar-refractivity contribution is 5.92. The number of benzene rings is 1. The zero-order valence-electron chi connectivity index (χ0n) is 23.1. The Morgan fingerprint density at radius 1 is 1.16 bits per heavy atom. The summed E-state index contributed by atoms with van der Waals surface area (Å²) < 4.78 is 91.6. The monoisotopic (exact) mass is 612 g/mol. The van der Waals surface area contributed by atoms with Gasteiger partial charge in [-0.3, -0.25) is 9.48 Å². The Labute approximate surface area is 242 Å². The van der Waals surface area contributed by atoms with Gasteiger partial charge >= 0.3 is 12.2 Å². The average molecular weight is 613 g/mol. The van der Waals surface area contributed by atoms with Crippen molar-refractivity contribution in [2.24, 2.45) is 11.8 Å². The Balaban J connectivity index is 1.34. The average Bonchev–Trinajstić information content (AvgIpc) is 3.31. The van der Waals surface area contributed by atoms with Gasteiger partial charge in [0.1, 0.15) is 23.3 Å². The number of aryl methyl sites for hydroxylation is 1. The van der Waals surface area contributed by atoms with Gasteiger partial charge in [-0.25, -0.2) is 22.9 Å². The first-order valence-corrected chi connectivity index (χ1v) is 14.3. The van der Waals surface area contributed by atoms with Crippen LogP contribution in [0.5, 0.6) is 0 Å². The third kappa shape index (κ3) is 5.65. The third-order valence-corrected chi connectivity index (χ3v) is 8.64. The molecule has 2 N–H and O–H groups in total. The molecule has 2 aromatic heterocycles. The summed E-state index contributed by atoms with van der Waals surface area (Å²) in [6.07, 6.45) is -2.64. The van der Waals surface area contributed by atoms with E-state index >= 15 is 4.39 Å². The molecule has 6 rings (SSSR count). The minimum absolute atomic E-state index is 0.0116. The van der Waals surface area contributed by atoms with Crippen molar-refractivity contribution >= 4 is 23.0 Å². The standard InChI is InChI=1S/C28H30F6N6O3/c1-2-40-17(9-12-35-40)24(41)37-21(14-7-10-27(30,31)11-8-14)25-38-22-18(43-25)6-5-16(20(22)29)23(15-3-4-15)39-13-19(28(32,33)34)36-26(39)42/h5-6,9,12,14-15,19,21,23H,2-4,7-8,10-11,13H2,1H3,(H,36,42)(H,37,41)/t19-,21+,23-/m1/s1. The molecular weight excluding hydrogens is 582 g/mol. The lowest BCUT2D eigenvalue weighted by atomic mass is 9.82. The van der Waals surface area contributed by atoms with Crippen molar-refractivity contribution < 1.29 is 40.3 Å². The summed E-state index contributed by atoms with van der Waals surface area (Å²) in [6, 6.07) is -0.588. The topological polar surface area (TPSA) is 105 Å². The van der Waals surface area contributed by atoms with Crippen LogP contribution in [0.1, 0.15) is 79.5 Å². The molecule has 232 valence electrons. The van der Waals surface area contributed by atoms with Gasteiger partial charge in [-0.1, -0.05) is 6.07 Å². The Hall–Kier alpha value is -3.78. The molecule has 3 amide bonds. The summed E-state index contributed by atoms with van der Waals surface area (Å²) in [5.41, 5.74) is 0.0528. The fourth-order valence-electron chi connectivity index (χ4n) is 6.20. The molecule has 1 saturated heterocycles. The van der Waals surface area contributed by atoms with Gasteiger partial charge in [0, 0.05) is 31.1 Å². The second-order valence-corrected chi connectivity index (χ2v) is 11.5. The van der Waals surface area contributed by atoms with Crippen molar-refractivity contribution in [3.8, 4) is 0 Å². The molecule has 1 aliphatic heterocycles. The zero-order chi connectivity index (χ0) is 30.7. The van der Waals surface area contributed by atoms with Gasteiger partial charge in [-0.15, -0.1) is 0 Å². The second kappa shape index (κ2) is 10.7. The highest BCUT2D eigenvalue weighted by Crippen LogP contribution is 2.48. The van der Waals surface area contributed by atoms with Crippen LogP contribution >= 0.6 is 0 Å². The molecule has 2 aliphatic carbocycles.